The van der Waals surface area contributed by atoms with E-state index in [1.807, 2.05) is 47.5 Å². The number of nitrogens with zero attached hydrogens (tertiary/aromatic N) is 2. The molecule has 1 aliphatic heterocycles. The Morgan fingerprint density at radius 1 is 0.829 bits per heavy atom. The number of ether oxygens (including phenoxy) is 4. The average Bonchev–Trinajstić information content (AvgIpc) is 2.89. The van der Waals surface area contributed by atoms with Crippen LogP contribution in [0, 0.1) is 0 Å². The molecule has 7 nitrogen and oxygen atoms in total. The number of pyridine rings is 1. The number of benzene rings is 2. The number of piperidine rings is 1. The summed E-state index contributed by atoms with van der Waals surface area (Å²) in [5.41, 5.74) is 2.08. The highest BCUT2D eigenvalue weighted by atomic mass is 35.5. The maximum atomic E-state index is 13.1. The lowest BCUT2D eigenvalue weighted by Gasteiger charge is -2.25. The number of hydrogen-bond acceptors (Lipinski definition) is 5. The third-order valence-corrected chi connectivity index (χ3v) is 6.48. The van der Waals surface area contributed by atoms with E-state index in [-0.39, 0.29) is 18.3 Å². The standard InChI is InChI=1S/C27H33N2O5.ClH/c1-31-23-9-8-19(15-24(23)32-2)14-22-21-17-26(34-4)25(33-3)16-20(21)10-13-29(22)18-27(30)28-11-6-5-7-12-28;/h8-10,13,15-17H,5-7,11-12,14,18H2,1-4H3;1H/q+1;/p-1. The smallest absolute Gasteiger partial charge is 0.288 e. The van der Waals surface area contributed by atoms with Gasteiger partial charge in [0, 0.05) is 19.2 Å². The summed E-state index contributed by atoms with van der Waals surface area (Å²) in [5.74, 6) is 2.84. The first-order valence-corrected chi connectivity index (χ1v) is 11.6. The Labute approximate surface area is 213 Å². The van der Waals surface area contributed by atoms with Crippen LogP contribution in [0.3, 0.4) is 0 Å². The van der Waals surface area contributed by atoms with Crippen LogP contribution in [0.2, 0.25) is 0 Å². The Balaban J connectivity index is 0.00000342. The third-order valence-electron chi connectivity index (χ3n) is 6.48. The van der Waals surface area contributed by atoms with E-state index in [0.29, 0.717) is 36.0 Å². The highest BCUT2D eigenvalue weighted by Gasteiger charge is 2.25. The summed E-state index contributed by atoms with van der Waals surface area (Å²) in [6.07, 6.45) is 5.94. The summed E-state index contributed by atoms with van der Waals surface area (Å²) in [6.45, 7) is 1.97. The van der Waals surface area contributed by atoms with E-state index in [2.05, 4.69) is 4.57 Å². The second kappa shape index (κ2) is 12.0. The number of methoxy groups -OCH3 is 4. The summed E-state index contributed by atoms with van der Waals surface area (Å²) in [5, 5.41) is 2.04. The van der Waals surface area contributed by atoms with Crippen LogP contribution < -0.4 is 35.9 Å². The molecule has 0 N–H and O–H groups in total. The fourth-order valence-electron chi connectivity index (χ4n) is 4.62. The van der Waals surface area contributed by atoms with E-state index >= 15 is 0 Å². The molecule has 8 heteroatoms. The Morgan fingerprint density at radius 3 is 2.11 bits per heavy atom. The van der Waals surface area contributed by atoms with Crippen LogP contribution in [0.5, 0.6) is 23.0 Å². The third kappa shape index (κ3) is 5.73. The summed E-state index contributed by atoms with van der Waals surface area (Å²) < 4.78 is 24.1. The molecule has 3 aromatic rings. The van der Waals surface area contributed by atoms with Crippen LogP contribution in [0.1, 0.15) is 30.5 Å². The summed E-state index contributed by atoms with van der Waals surface area (Å²) in [4.78, 5) is 15.1. The van der Waals surface area contributed by atoms with E-state index in [9.17, 15) is 4.79 Å². The fourth-order valence-corrected chi connectivity index (χ4v) is 4.62. The van der Waals surface area contributed by atoms with Gasteiger partial charge in [0.1, 0.15) is 0 Å². The van der Waals surface area contributed by atoms with Gasteiger partial charge in [-0.05, 0) is 54.5 Å². The molecule has 0 spiro atoms. The van der Waals surface area contributed by atoms with Gasteiger partial charge in [0.25, 0.3) is 5.91 Å². The van der Waals surface area contributed by atoms with E-state index in [1.165, 1.54) is 6.42 Å². The zero-order valence-corrected chi connectivity index (χ0v) is 21.6. The molecule has 0 radical (unpaired) electrons. The molecule has 1 amide bonds. The number of aromatic nitrogens is 1. The van der Waals surface area contributed by atoms with Gasteiger partial charge in [0.05, 0.1) is 40.2 Å². The average molecular weight is 501 g/mol. The lowest BCUT2D eigenvalue weighted by atomic mass is 10.0. The van der Waals surface area contributed by atoms with Crippen molar-refractivity contribution in [3.63, 3.8) is 0 Å². The molecule has 1 aliphatic rings. The zero-order chi connectivity index (χ0) is 24.1. The van der Waals surface area contributed by atoms with Crippen LogP contribution in [0.4, 0.5) is 0 Å². The Kier molecular flexibility index (Phi) is 9.04. The second-order valence-corrected chi connectivity index (χ2v) is 8.49. The molecule has 2 heterocycles. The number of likely N-dealkylation sites (tertiary alicyclic amines) is 1. The Hall–Kier alpha value is -3.19. The van der Waals surface area contributed by atoms with Crippen molar-refractivity contribution in [2.24, 2.45) is 0 Å². The number of rotatable bonds is 8. The maximum Gasteiger partial charge on any atom is 0.288 e. The number of fused-ring (bicyclic) bond motifs is 1. The van der Waals surface area contributed by atoms with Gasteiger partial charge in [-0.1, -0.05) is 6.07 Å². The second-order valence-electron chi connectivity index (χ2n) is 8.49. The number of halogens is 1. The van der Waals surface area contributed by atoms with E-state index < -0.39 is 0 Å². The lowest BCUT2D eigenvalue weighted by molar-refractivity contribution is -0.690. The normalized spacial score (nSPS) is 13.2. The van der Waals surface area contributed by atoms with E-state index in [1.54, 1.807) is 28.4 Å². The monoisotopic (exact) mass is 500 g/mol. The molecule has 188 valence electrons. The van der Waals surface area contributed by atoms with Crippen LogP contribution in [-0.2, 0) is 17.8 Å². The highest BCUT2D eigenvalue weighted by Crippen LogP contribution is 2.34. The molecule has 2 aromatic carbocycles. The SMILES string of the molecule is COc1ccc(Cc2c3cc(OC)c(OC)cc3cc[n+]2CC(=O)N2CCCCC2)cc1OC.[Cl-]. The van der Waals surface area contributed by atoms with Gasteiger partial charge < -0.3 is 36.3 Å². The van der Waals surface area contributed by atoms with Crippen molar-refractivity contribution in [3.05, 3.63) is 53.9 Å². The summed E-state index contributed by atoms with van der Waals surface area (Å²) in [7, 11) is 6.53. The van der Waals surface area contributed by atoms with Crippen LogP contribution in [0.25, 0.3) is 10.8 Å². The van der Waals surface area contributed by atoms with E-state index in [4.69, 9.17) is 18.9 Å². The first-order chi connectivity index (χ1) is 16.6. The van der Waals surface area contributed by atoms with Crippen molar-refractivity contribution >= 4 is 16.7 Å². The Morgan fingerprint density at radius 2 is 1.46 bits per heavy atom. The van der Waals surface area contributed by atoms with E-state index in [0.717, 1.165) is 48.0 Å². The zero-order valence-electron chi connectivity index (χ0n) is 20.8. The van der Waals surface area contributed by atoms with Gasteiger partial charge >= 0.3 is 0 Å². The maximum absolute atomic E-state index is 13.1. The first-order valence-electron chi connectivity index (χ1n) is 11.6. The first kappa shape index (κ1) is 26.4. The predicted molar refractivity (Wildman–Crippen MR) is 130 cm³/mol. The molecule has 0 aliphatic carbocycles. The fraction of sp³-hybridized carbons (Fsp3) is 0.407. The molecule has 1 saturated heterocycles. The molecule has 0 atom stereocenters. The minimum absolute atomic E-state index is 0. The number of amides is 1. The molecule has 4 rings (SSSR count). The van der Waals surface area contributed by atoms with Gasteiger partial charge in [-0.15, -0.1) is 0 Å². The van der Waals surface area contributed by atoms with Crippen LogP contribution >= 0.6 is 0 Å². The van der Waals surface area contributed by atoms with Crippen molar-refractivity contribution in [2.75, 3.05) is 41.5 Å². The minimum Gasteiger partial charge on any atom is -1.00 e. The number of carbonyl (C=O) groups excluding carboxylic acids is 1. The van der Waals surface area contributed by atoms with Crippen molar-refractivity contribution in [2.45, 2.75) is 32.2 Å². The van der Waals surface area contributed by atoms with Crippen LogP contribution in [-0.4, -0.2) is 52.3 Å². The van der Waals surface area contributed by atoms with Crippen LogP contribution in [0.15, 0.2) is 42.6 Å². The summed E-state index contributed by atoms with van der Waals surface area (Å²) >= 11 is 0. The molecule has 1 aromatic heterocycles. The van der Waals surface area contributed by atoms with Crippen molar-refractivity contribution in [1.82, 2.24) is 4.90 Å². The molecule has 1 fully saturated rings. The summed E-state index contributed by atoms with van der Waals surface area (Å²) in [6, 6.07) is 11.9. The molecular weight excluding hydrogens is 468 g/mol. The van der Waals surface area contributed by atoms with Gasteiger partial charge in [-0.25, -0.2) is 0 Å². The molecule has 0 bridgehead atoms. The van der Waals surface area contributed by atoms with Crippen molar-refractivity contribution < 1.29 is 40.7 Å². The van der Waals surface area contributed by atoms with Gasteiger partial charge in [0.2, 0.25) is 6.54 Å². The number of carbonyl (C=O) groups is 1. The lowest BCUT2D eigenvalue weighted by Crippen LogP contribution is -3.00. The Bertz CT molecular complexity index is 1180. The van der Waals surface area contributed by atoms with Crippen molar-refractivity contribution in [1.29, 1.82) is 0 Å². The quantitative estimate of drug-likeness (QED) is 0.428. The van der Waals surface area contributed by atoms with Gasteiger partial charge in [-0.3, -0.25) is 4.79 Å². The van der Waals surface area contributed by atoms with Gasteiger partial charge in [-0.2, -0.15) is 4.57 Å². The topological polar surface area (TPSA) is 61.1 Å². The molecular formula is C27H33ClN2O5. The molecule has 35 heavy (non-hydrogen) atoms. The minimum atomic E-state index is 0. The molecule has 0 unspecified atom stereocenters. The predicted octanol–water partition coefficient (Wildman–Crippen LogP) is 0.769. The molecule has 0 saturated carbocycles. The van der Waals surface area contributed by atoms with Crippen molar-refractivity contribution in [3.8, 4) is 23.0 Å². The van der Waals surface area contributed by atoms with Gasteiger partial charge in [0.15, 0.2) is 34.9 Å². The largest absolute Gasteiger partial charge is 1.00 e. The highest BCUT2D eigenvalue weighted by molar-refractivity contribution is 5.87. The number of hydrogen-bond donors (Lipinski definition) is 0.